The Morgan fingerprint density at radius 3 is 2.44 bits per heavy atom. The molecule has 2 aliphatic heterocycles. The molecule has 0 unspecified atom stereocenters. The number of nitrogens with one attached hydrogen (secondary N) is 3. The van der Waals surface area contributed by atoms with Crippen molar-refractivity contribution in [2.75, 3.05) is 6.54 Å². The van der Waals surface area contributed by atoms with Crippen molar-refractivity contribution in [1.29, 1.82) is 0 Å². The number of carbonyl (C=O) groups is 4. The number of alkyl halides is 3. The molecular formula is C45H51F3N6O8S. The first-order valence-corrected chi connectivity index (χ1v) is 22.8. The largest absolute Gasteiger partial charge is 0.470 e. The van der Waals surface area contributed by atoms with Crippen molar-refractivity contribution < 1.29 is 49.9 Å². The van der Waals surface area contributed by atoms with Crippen LogP contribution in [-0.2, 0) is 35.4 Å². The number of fused-ring (bicyclic) bond motifs is 5. The summed E-state index contributed by atoms with van der Waals surface area (Å²) < 4.78 is 80.8. The van der Waals surface area contributed by atoms with Crippen LogP contribution < -0.4 is 20.1 Å². The van der Waals surface area contributed by atoms with Crippen molar-refractivity contribution in [3.05, 3.63) is 66.2 Å². The number of sulfonamides is 1. The molecular weight excluding hydrogens is 842 g/mol. The number of carbonyl (C=O) groups excluding carboxylic acids is 4. The average Bonchev–Trinajstić information content (AvgIpc) is 4.03. The van der Waals surface area contributed by atoms with Gasteiger partial charge in [-0.1, -0.05) is 70.0 Å². The Hall–Kier alpha value is -5.52. The minimum atomic E-state index is -4.57. The molecule has 4 aliphatic rings. The van der Waals surface area contributed by atoms with E-state index >= 15 is 0 Å². The standard InChI is InChI=1S/C45H51F3N6O8S/c1-42(2,3)24-34(55)49-31-14-9-7-5-6-8-12-28-23-44(28,41(58)53-63(59,60)43(4)20-21-43)52-38(56)32-22-29(25-54(32)40(31)57)61-39-36-35(30-13-10-11-15-33(30)62-36)50-37(51-39)26-16-18-27(19-17-26)45(46,47)48/h8,10-13,15-19,28-29,31-32H,5-7,9,14,20-25H2,1-4H3,(H,49,55)(H,52,56)(H,53,58)/b12-8-/t28-,29+,31-,32-,44+/m0/s1. The maximum atomic E-state index is 14.8. The van der Waals surface area contributed by atoms with Crippen LogP contribution in [0.15, 0.2) is 65.1 Å². The van der Waals surface area contributed by atoms with E-state index in [0.717, 1.165) is 25.0 Å². The molecule has 4 amide bonds. The lowest BCUT2D eigenvalue weighted by Gasteiger charge is -2.30. The highest BCUT2D eigenvalue weighted by molar-refractivity contribution is 7.91. The van der Waals surface area contributed by atoms with Crippen LogP contribution in [0.25, 0.3) is 33.5 Å². The molecule has 14 nitrogen and oxygen atoms in total. The van der Waals surface area contributed by atoms with E-state index in [4.69, 9.17) is 9.15 Å². The SMILES string of the molecule is CC(C)(C)CC(=O)N[C@H]1CCCCC/C=C\[C@H]2C[C@@]2(C(=O)NS(=O)(=O)C2(C)CC2)NC(=O)[C@@H]2C[C@@H](Oc3nc(-c4ccc(C(F)(F)F)cc4)nc4c3oc3ccccc34)CN2C1=O. The van der Waals surface area contributed by atoms with Crippen LogP contribution in [0.4, 0.5) is 13.2 Å². The third-order valence-corrected chi connectivity index (χ3v) is 14.6. The zero-order valence-corrected chi connectivity index (χ0v) is 36.3. The minimum Gasteiger partial charge on any atom is -0.470 e. The molecule has 63 heavy (non-hydrogen) atoms. The fraction of sp³-hybridized carbons (Fsp3) is 0.511. The minimum absolute atomic E-state index is 0.0388. The molecule has 3 N–H and O–H groups in total. The van der Waals surface area contributed by atoms with Gasteiger partial charge in [-0.15, -0.1) is 0 Å². The van der Waals surface area contributed by atoms with Crippen LogP contribution in [0.3, 0.4) is 0 Å². The van der Waals surface area contributed by atoms with Gasteiger partial charge in [-0.3, -0.25) is 23.9 Å². The van der Waals surface area contributed by atoms with Gasteiger partial charge in [0.15, 0.2) is 5.82 Å². The maximum absolute atomic E-state index is 14.8. The van der Waals surface area contributed by atoms with Gasteiger partial charge in [0.05, 0.1) is 16.9 Å². The van der Waals surface area contributed by atoms with Gasteiger partial charge in [0, 0.05) is 29.7 Å². The first kappa shape index (κ1) is 44.1. The summed E-state index contributed by atoms with van der Waals surface area (Å²) in [6.07, 6.45) is 2.22. The van der Waals surface area contributed by atoms with E-state index in [1.807, 2.05) is 32.9 Å². The normalized spacial score (nSPS) is 25.9. The van der Waals surface area contributed by atoms with Crippen LogP contribution in [0.1, 0.15) is 97.5 Å². The van der Waals surface area contributed by atoms with Gasteiger partial charge >= 0.3 is 6.18 Å². The van der Waals surface area contributed by atoms with Gasteiger partial charge in [-0.2, -0.15) is 18.2 Å². The number of hydrogen-bond donors (Lipinski definition) is 3. The van der Waals surface area contributed by atoms with Crippen molar-refractivity contribution in [3.63, 3.8) is 0 Å². The van der Waals surface area contributed by atoms with Crippen molar-refractivity contribution in [3.8, 4) is 17.3 Å². The fourth-order valence-electron chi connectivity index (χ4n) is 8.41. The van der Waals surface area contributed by atoms with E-state index in [2.05, 4.69) is 25.3 Å². The molecule has 1 saturated heterocycles. The lowest BCUT2D eigenvalue weighted by Crippen LogP contribution is -2.58. The fourth-order valence-corrected chi connectivity index (χ4v) is 9.73. The molecule has 336 valence electrons. The topological polar surface area (TPSA) is 190 Å². The molecule has 2 aromatic carbocycles. The maximum Gasteiger partial charge on any atom is 0.416 e. The van der Waals surface area contributed by atoms with Crippen molar-refractivity contribution in [2.45, 2.75) is 127 Å². The quantitative estimate of drug-likeness (QED) is 0.160. The number of hydrogen-bond acceptors (Lipinski definition) is 10. The Kier molecular flexibility index (Phi) is 11.4. The Balaban J connectivity index is 1.15. The second-order valence-electron chi connectivity index (χ2n) is 18.8. The lowest BCUT2D eigenvalue weighted by molar-refractivity contribution is -0.142. The highest BCUT2D eigenvalue weighted by Gasteiger charge is 2.63. The van der Waals surface area contributed by atoms with Crippen molar-refractivity contribution >= 4 is 55.7 Å². The number of amides is 4. The molecule has 0 spiro atoms. The number of aromatic nitrogens is 2. The Labute approximate surface area is 362 Å². The number of ether oxygens (including phenoxy) is 1. The summed E-state index contributed by atoms with van der Waals surface area (Å²) in [6, 6.07) is 9.12. The number of nitrogens with zero attached hydrogens (tertiary/aromatic N) is 3. The number of para-hydroxylation sites is 1. The molecule has 18 heteroatoms. The predicted molar refractivity (Wildman–Crippen MR) is 226 cm³/mol. The van der Waals surface area contributed by atoms with Gasteiger partial charge in [-0.05, 0) is 75.1 Å². The summed E-state index contributed by atoms with van der Waals surface area (Å²) in [4.78, 5) is 67.4. The molecule has 8 rings (SSSR count). The smallest absolute Gasteiger partial charge is 0.416 e. The Bertz CT molecular complexity index is 2600. The summed E-state index contributed by atoms with van der Waals surface area (Å²) in [5, 5.41) is 6.37. The number of allylic oxidation sites excluding steroid dienone is 1. The highest BCUT2D eigenvalue weighted by Crippen LogP contribution is 2.48. The summed E-state index contributed by atoms with van der Waals surface area (Å²) in [5.41, 5.74) is -1.69. The van der Waals surface area contributed by atoms with Gasteiger partial charge in [0.2, 0.25) is 33.3 Å². The van der Waals surface area contributed by atoms with Gasteiger partial charge in [0.1, 0.15) is 34.8 Å². The van der Waals surface area contributed by atoms with Gasteiger partial charge in [0.25, 0.3) is 11.8 Å². The molecule has 3 fully saturated rings. The third-order valence-electron chi connectivity index (χ3n) is 12.4. The van der Waals surface area contributed by atoms with Crippen molar-refractivity contribution in [2.24, 2.45) is 11.3 Å². The van der Waals surface area contributed by atoms with Crippen LogP contribution in [0, 0.1) is 11.3 Å². The van der Waals surface area contributed by atoms with Crippen molar-refractivity contribution in [1.82, 2.24) is 30.2 Å². The van der Waals surface area contributed by atoms with Crippen LogP contribution in [0.2, 0.25) is 0 Å². The monoisotopic (exact) mass is 892 g/mol. The number of benzene rings is 2. The summed E-state index contributed by atoms with van der Waals surface area (Å²) in [7, 11) is -4.06. The molecule has 2 aromatic heterocycles. The zero-order valence-electron chi connectivity index (χ0n) is 35.5. The summed E-state index contributed by atoms with van der Waals surface area (Å²) >= 11 is 0. The first-order chi connectivity index (χ1) is 29.7. The number of rotatable bonds is 8. The molecule has 4 heterocycles. The van der Waals surface area contributed by atoms with Gasteiger partial charge in [-0.25, -0.2) is 13.4 Å². The molecule has 0 bridgehead atoms. The van der Waals surface area contributed by atoms with E-state index in [1.165, 1.54) is 17.0 Å². The molecule has 0 radical (unpaired) electrons. The molecule has 5 atom stereocenters. The van der Waals surface area contributed by atoms with Gasteiger partial charge < -0.3 is 24.7 Å². The van der Waals surface area contributed by atoms with Crippen LogP contribution >= 0.6 is 0 Å². The molecule has 4 aromatic rings. The van der Waals surface area contributed by atoms with E-state index in [9.17, 15) is 40.8 Å². The second-order valence-corrected chi connectivity index (χ2v) is 21.0. The summed E-state index contributed by atoms with van der Waals surface area (Å²) in [6.45, 7) is 7.11. The number of halogens is 3. The molecule has 2 aliphatic carbocycles. The van der Waals surface area contributed by atoms with E-state index < -0.39 is 73.9 Å². The first-order valence-electron chi connectivity index (χ1n) is 21.4. The lowest BCUT2D eigenvalue weighted by atomic mass is 9.91. The number of furan rings is 1. The van der Waals surface area contributed by atoms with Crippen LogP contribution in [-0.4, -0.2) is 81.9 Å². The average molecular weight is 893 g/mol. The van der Waals surface area contributed by atoms with E-state index in [-0.39, 0.29) is 60.0 Å². The second kappa shape index (κ2) is 16.2. The molecule has 2 saturated carbocycles. The van der Waals surface area contributed by atoms with E-state index in [0.29, 0.717) is 48.6 Å². The Morgan fingerprint density at radius 1 is 1.02 bits per heavy atom. The third kappa shape index (κ3) is 9.13. The zero-order chi connectivity index (χ0) is 45.1. The Morgan fingerprint density at radius 2 is 1.75 bits per heavy atom. The van der Waals surface area contributed by atoms with E-state index in [1.54, 1.807) is 31.2 Å². The summed E-state index contributed by atoms with van der Waals surface area (Å²) in [5.74, 6) is -2.99. The predicted octanol–water partition coefficient (Wildman–Crippen LogP) is 6.72. The highest BCUT2D eigenvalue weighted by atomic mass is 32.2. The van der Waals surface area contributed by atoms with Crippen LogP contribution in [0.5, 0.6) is 5.88 Å².